The Morgan fingerprint density at radius 1 is 1.36 bits per heavy atom. The number of ether oxygens (including phenoxy) is 1. The summed E-state index contributed by atoms with van der Waals surface area (Å²) in [6, 6.07) is 1.39. The van der Waals surface area contributed by atoms with Crippen molar-refractivity contribution in [1.82, 2.24) is 20.1 Å². The van der Waals surface area contributed by atoms with E-state index in [2.05, 4.69) is 27.6 Å². The first-order chi connectivity index (χ1) is 16.9. The van der Waals surface area contributed by atoms with E-state index >= 15 is 0 Å². The van der Waals surface area contributed by atoms with Crippen LogP contribution in [0.25, 0.3) is 11.3 Å². The Morgan fingerprint density at radius 3 is 2.61 bits per heavy atom. The molecule has 1 amide bonds. The lowest BCUT2D eigenvalue weighted by molar-refractivity contribution is -0.0494. The number of aryl methyl sites for hydroxylation is 1. The van der Waals surface area contributed by atoms with E-state index < -0.39 is 18.1 Å². The summed E-state index contributed by atoms with van der Waals surface area (Å²) in [6.45, 7) is 7.20. The van der Waals surface area contributed by atoms with E-state index in [4.69, 9.17) is 16.3 Å². The van der Waals surface area contributed by atoms with Crippen molar-refractivity contribution in [2.45, 2.75) is 91.0 Å². The monoisotopic (exact) mass is 527 g/mol. The minimum atomic E-state index is -3.07. The van der Waals surface area contributed by atoms with Gasteiger partial charge in [-0.25, -0.2) is 4.98 Å². The molecule has 0 atom stereocenters. The Bertz CT molecular complexity index is 1070. The smallest absolute Gasteiger partial charge is 0.387 e. The van der Waals surface area contributed by atoms with Crippen LogP contribution in [0.3, 0.4) is 0 Å². The second-order valence-corrected chi connectivity index (χ2v) is 10.6. The molecular formula is C25H36ClF2N5O3. The minimum Gasteiger partial charge on any atom is -0.434 e. The summed E-state index contributed by atoms with van der Waals surface area (Å²) in [4.78, 5) is 17.3. The molecule has 1 saturated carbocycles. The Kier molecular flexibility index (Phi) is 8.82. The number of anilines is 1. The molecule has 0 aromatic carbocycles. The van der Waals surface area contributed by atoms with Crippen LogP contribution in [-0.4, -0.2) is 50.1 Å². The van der Waals surface area contributed by atoms with Crippen LogP contribution in [0.1, 0.15) is 77.2 Å². The van der Waals surface area contributed by atoms with Gasteiger partial charge in [0, 0.05) is 30.9 Å². The molecule has 8 nitrogen and oxygen atoms in total. The van der Waals surface area contributed by atoms with Crippen LogP contribution in [0.5, 0.6) is 5.75 Å². The fourth-order valence-corrected chi connectivity index (χ4v) is 4.51. The highest BCUT2D eigenvalue weighted by molar-refractivity contribution is 6.36. The summed E-state index contributed by atoms with van der Waals surface area (Å²) in [5, 5.41) is 21.1. The number of hydrogen-bond donors (Lipinski definition) is 3. The molecule has 1 fully saturated rings. The van der Waals surface area contributed by atoms with Crippen molar-refractivity contribution in [3.8, 4) is 17.0 Å². The SMILES string of the molecule is CCn1nc(C(=O)NCC2(O)CCC(C)CC2)c(Cl)c1-c1cnc(NC(C)(C)CC)cc1OC(F)F. The van der Waals surface area contributed by atoms with Gasteiger partial charge in [0.05, 0.1) is 21.9 Å². The quantitative estimate of drug-likeness (QED) is 0.377. The summed E-state index contributed by atoms with van der Waals surface area (Å²) in [6.07, 6.45) is 5.15. The number of nitrogens with zero attached hydrogens (tertiary/aromatic N) is 3. The molecule has 1 aliphatic carbocycles. The van der Waals surface area contributed by atoms with Gasteiger partial charge in [0.25, 0.3) is 5.91 Å². The normalized spacial score (nSPS) is 20.4. The number of alkyl halides is 2. The predicted octanol–water partition coefficient (Wildman–Crippen LogP) is 5.49. The Labute approximate surface area is 215 Å². The van der Waals surface area contributed by atoms with E-state index in [1.54, 1.807) is 6.92 Å². The largest absolute Gasteiger partial charge is 0.434 e. The summed E-state index contributed by atoms with van der Waals surface area (Å²) < 4.78 is 32.9. The maximum absolute atomic E-state index is 13.3. The average molecular weight is 528 g/mol. The third-order valence-electron chi connectivity index (χ3n) is 6.88. The number of halogens is 3. The molecule has 36 heavy (non-hydrogen) atoms. The van der Waals surface area contributed by atoms with E-state index in [0.29, 0.717) is 31.1 Å². The number of carbonyl (C=O) groups is 1. The van der Waals surface area contributed by atoms with E-state index in [-0.39, 0.29) is 39.8 Å². The van der Waals surface area contributed by atoms with Gasteiger partial charge < -0.3 is 20.5 Å². The van der Waals surface area contributed by atoms with E-state index in [9.17, 15) is 18.7 Å². The summed E-state index contributed by atoms with van der Waals surface area (Å²) in [5.74, 6) is 0.232. The van der Waals surface area contributed by atoms with Crippen LogP contribution in [0.2, 0.25) is 5.02 Å². The topological polar surface area (TPSA) is 101 Å². The first-order valence-corrected chi connectivity index (χ1v) is 12.8. The molecule has 0 aliphatic heterocycles. The zero-order chi connectivity index (χ0) is 26.7. The van der Waals surface area contributed by atoms with Crippen molar-refractivity contribution >= 4 is 23.3 Å². The maximum Gasteiger partial charge on any atom is 0.387 e. The summed E-state index contributed by atoms with van der Waals surface area (Å²) in [7, 11) is 0. The molecule has 2 aromatic heterocycles. The van der Waals surface area contributed by atoms with Crippen molar-refractivity contribution in [3.05, 3.63) is 23.0 Å². The molecule has 1 aliphatic rings. The standard InChI is InChI=1S/C25H36ClF2N5O3/c1-6-24(4,5)31-18-12-17(36-23(27)28)16(13-29-18)21-19(26)20(32-33(21)7-2)22(34)30-14-25(35)10-8-15(3)9-11-25/h12-13,15,23,35H,6-11,14H2,1-5H3,(H,29,31)(H,30,34). The lowest BCUT2D eigenvalue weighted by Crippen LogP contribution is -2.45. The number of carbonyl (C=O) groups excluding carboxylic acids is 1. The first kappa shape index (κ1) is 28.1. The van der Waals surface area contributed by atoms with Crippen molar-refractivity contribution in [1.29, 1.82) is 0 Å². The van der Waals surface area contributed by atoms with Crippen LogP contribution in [-0.2, 0) is 6.54 Å². The molecule has 0 spiro atoms. The van der Waals surface area contributed by atoms with E-state index in [1.165, 1.54) is 16.9 Å². The molecule has 0 saturated heterocycles. The molecule has 2 heterocycles. The second-order valence-electron chi connectivity index (χ2n) is 10.2. The fourth-order valence-electron chi connectivity index (χ4n) is 4.19. The third-order valence-corrected chi connectivity index (χ3v) is 7.24. The van der Waals surface area contributed by atoms with Crippen LogP contribution in [0, 0.1) is 5.92 Å². The van der Waals surface area contributed by atoms with Gasteiger partial charge in [-0.1, -0.05) is 25.4 Å². The van der Waals surface area contributed by atoms with Crippen LogP contribution in [0.4, 0.5) is 14.6 Å². The lowest BCUT2D eigenvalue weighted by Gasteiger charge is -2.34. The van der Waals surface area contributed by atoms with E-state index in [1.807, 2.05) is 20.8 Å². The number of amides is 1. The first-order valence-electron chi connectivity index (χ1n) is 12.4. The molecule has 11 heteroatoms. The third kappa shape index (κ3) is 6.64. The molecule has 0 unspecified atom stereocenters. The molecule has 3 N–H and O–H groups in total. The average Bonchev–Trinajstić information content (AvgIpc) is 3.15. The van der Waals surface area contributed by atoms with Gasteiger partial charge in [-0.15, -0.1) is 0 Å². The van der Waals surface area contributed by atoms with Crippen LogP contribution in [0.15, 0.2) is 12.3 Å². The van der Waals surface area contributed by atoms with Crippen molar-refractivity contribution in [3.63, 3.8) is 0 Å². The predicted molar refractivity (Wildman–Crippen MR) is 136 cm³/mol. The highest BCUT2D eigenvalue weighted by Crippen LogP contribution is 2.39. The summed E-state index contributed by atoms with van der Waals surface area (Å²) >= 11 is 6.60. The van der Waals surface area contributed by atoms with Crippen LogP contribution < -0.4 is 15.4 Å². The van der Waals surface area contributed by atoms with Crippen LogP contribution >= 0.6 is 11.6 Å². The number of aromatic nitrogens is 3. The van der Waals surface area contributed by atoms with E-state index in [0.717, 1.165) is 19.3 Å². The molecule has 3 rings (SSSR count). The van der Waals surface area contributed by atoms with Gasteiger partial charge in [-0.2, -0.15) is 13.9 Å². The maximum atomic E-state index is 13.3. The van der Waals surface area contributed by atoms with Gasteiger partial charge >= 0.3 is 6.61 Å². The zero-order valence-electron chi connectivity index (χ0n) is 21.5. The number of hydrogen-bond acceptors (Lipinski definition) is 6. The fraction of sp³-hybridized carbons (Fsp3) is 0.640. The molecule has 0 radical (unpaired) electrons. The second kappa shape index (κ2) is 11.3. The minimum absolute atomic E-state index is 0.00544. The molecule has 2 aromatic rings. The van der Waals surface area contributed by atoms with Crippen molar-refractivity contribution < 1.29 is 23.4 Å². The Morgan fingerprint density at radius 2 is 2.03 bits per heavy atom. The van der Waals surface area contributed by atoms with Crippen molar-refractivity contribution in [2.75, 3.05) is 11.9 Å². The number of aliphatic hydroxyl groups is 1. The molecular weight excluding hydrogens is 492 g/mol. The van der Waals surface area contributed by atoms with Crippen molar-refractivity contribution in [2.24, 2.45) is 5.92 Å². The molecule has 200 valence electrons. The number of nitrogens with one attached hydrogen (secondary N) is 2. The van der Waals surface area contributed by atoms with Gasteiger partial charge in [-0.3, -0.25) is 9.48 Å². The number of rotatable bonds is 10. The highest BCUT2D eigenvalue weighted by Gasteiger charge is 2.33. The summed E-state index contributed by atoms with van der Waals surface area (Å²) in [5.41, 5.74) is -0.904. The van der Waals surface area contributed by atoms with Gasteiger partial charge in [-0.05, 0) is 58.8 Å². The van der Waals surface area contributed by atoms with Gasteiger partial charge in [0.2, 0.25) is 0 Å². The zero-order valence-corrected chi connectivity index (χ0v) is 22.3. The number of pyridine rings is 1. The Balaban J connectivity index is 1.92. The molecule has 0 bridgehead atoms. The lowest BCUT2D eigenvalue weighted by atomic mass is 9.79. The van der Waals surface area contributed by atoms with Gasteiger partial charge in [0.15, 0.2) is 5.69 Å². The van der Waals surface area contributed by atoms with Gasteiger partial charge in [0.1, 0.15) is 11.6 Å². The highest BCUT2D eigenvalue weighted by atomic mass is 35.5. The Hall–Kier alpha value is -2.46.